The second-order valence-corrected chi connectivity index (χ2v) is 3.79. The summed E-state index contributed by atoms with van der Waals surface area (Å²) in [5.41, 5.74) is 0. The number of amides is 3. The van der Waals surface area contributed by atoms with E-state index in [0.717, 1.165) is 0 Å². The number of carbonyl (C=O) groups excluding carboxylic acids is 4. The van der Waals surface area contributed by atoms with Crippen molar-refractivity contribution in [2.75, 3.05) is 33.4 Å². The van der Waals surface area contributed by atoms with Gasteiger partial charge in [-0.2, -0.15) is 0 Å². The number of Topliss-reactive ketones (excluding diaryl/α,β-unsaturated/α-hetero) is 1. The zero-order valence-corrected chi connectivity index (χ0v) is 11.1. The molecule has 0 aromatic rings. The normalized spacial score (nSPS) is 9.58. The molecule has 19 heavy (non-hydrogen) atoms. The topological polar surface area (TPSA) is 114 Å². The Labute approximate surface area is 111 Å². The molecule has 3 amide bonds. The van der Waals surface area contributed by atoms with Crippen LogP contribution in [0.25, 0.3) is 0 Å². The first-order chi connectivity index (χ1) is 8.95. The Kier molecular flexibility index (Phi) is 8.98. The first-order valence-corrected chi connectivity index (χ1v) is 5.74. The van der Waals surface area contributed by atoms with Crippen LogP contribution in [0.2, 0.25) is 0 Å². The lowest BCUT2D eigenvalue weighted by Crippen LogP contribution is -2.42. The zero-order valence-electron chi connectivity index (χ0n) is 11.1. The van der Waals surface area contributed by atoms with E-state index in [4.69, 9.17) is 0 Å². The molecule has 3 N–H and O–H groups in total. The van der Waals surface area contributed by atoms with Crippen LogP contribution in [0.1, 0.15) is 13.3 Å². The maximum absolute atomic E-state index is 11.2. The summed E-state index contributed by atoms with van der Waals surface area (Å²) >= 11 is 0. The average molecular weight is 273 g/mol. The fourth-order valence-electron chi connectivity index (χ4n) is 1.04. The lowest BCUT2D eigenvalue weighted by Gasteiger charge is -2.07. The van der Waals surface area contributed by atoms with Crippen LogP contribution in [-0.4, -0.2) is 56.9 Å². The number of carbonyl (C=O) groups is 4. The van der Waals surface area contributed by atoms with E-state index >= 15 is 0 Å². The Morgan fingerprint density at radius 3 is 1.95 bits per heavy atom. The van der Waals surface area contributed by atoms with Gasteiger partial charge >= 0.3 is 0 Å². The van der Waals surface area contributed by atoms with Crippen molar-refractivity contribution in [3.05, 3.63) is 0 Å². The number of hydrogen-bond donors (Lipinski definition) is 3. The van der Waals surface area contributed by atoms with Gasteiger partial charge in [0, 0.05) is 20.1 Å². The predicted octanol–water partition coefficient (Wildman–Crippen LogP) is -2.04. The van der Waals surface area contributed by atoms with Gasteiger partial charge in [-0.15, -0.1) is 0 Å². The quantitative estimate of drug-likeness (QED) is 0.448. The highest BCUT2D eigenvalue weighted by Gasteiger charge is 2.07. The molecule has 0 bridgehead atoms. The zero-order chi connectivity index (χ0) is 14.7. The molecule has 0 rings (SSSR count). The molecule has 8 heteroatoms. The van der Waals surface area contributed by atoms with Gasteiger partial charge in [0.25, 0.3) is 0 Å². The predicted molar refractivity (Wildman–Crippen MR) is 66.2 cm³/mol. The van der Waals surface area contributed by atoms with Crippen molar-refractivity contribution in [1.29, 1.82) is 0 Å². The fourth-order valence-corrected chi connectivity index (χ4v) is 1.04. The summed E-state index contributed by atoms with van der Waals surface area (Å²) in [6.07, 6.45) is 0.257. The van der Waals surface area contributed by atoms with Crippen molar-refractivity contribution >= 4 is 23.5 Å². The molecule has 0 saturated carbocycles. The van der Waals surface area contributed by atoms with E-state index in [1.807, 2.05) is 0 Å². The number of rotatable bonds is 9. The largest absolute Gasteiger partial charge is 0.375 e. The summed E-state index contributed by atoms with van der Waals surface area (Å²) in [6, 6.07) is 0. The summed E-state index contributed by atoms with van der Waals surface area (Å²) in [6.45, 7) is 1.13. The molecule has 0 fully saturated rings. The van der Waals surface area contributed by atoms with Gasteiger partial charge in [-0.05, 0) is 6.92 Å². The first kappa shape index (κ1) is 17.0. The Balaban J connectivity index is 3.63. The molecule has 0 saturated heterocycles. The summed E-state index contributed by atoms with van der Waals surface area (Å²) in [5.74, 6) is -1.31. The van der Waals surface area contributed by atoms with Gasteiger partial charge in [0.05, 0.1) is 13.1 Å². The Morgan fingerprint density at radius 1 is 0.895 bits per heavy atom. The monoisotopic (exact) mass is 273 g/mol. The van der Waals surface area contributed by atoms with Gasteiger partial charge in [-0.1, -0.05) is 0 Å². The van der Waals surface area contributed by atoms with Crippen molar-refractivity contribution < 1.29 is 23.9 Å². The molecule has 0 unspecified atom stereocenters. The molecule has 0 aromatic heterocycles. The highest BCUT2D eigenvalue weighted by Crippen LogP contribution is 1.78. The highest BCUT2D eigenvalue weighted by molar-refractivity contribution is 5.88. The van der Waals surface area contributed by atoms with Crippen molar-refractivity contribution in [1.82, 2.24) is 16.0 Å². The van der Waals surface area contributed by atoms with Gasteiger partial charge < -0.3 is 20.7 Å². The van der Waals surface area contributed by atoms with Crippen LogP contribution in [0.15, 0.2) is 0 Å². The average Bonchev–Trinajstić information content (AvgIpc) is 2.33. The molecule has 8 nitrogen and oxygen atoms in total. The minimum atomic E-state index is -0.480. The Morgan fingerprint density at radius 2 is 1.42 bits per heavy atom. The maximum atomic E-state index is 11.2. The van der Waals surface area contributed by atoms with E-state index in [-0.39, 0.29) is 38.4 Å². The number of hydrogen-bond acceptors (Lipinski definition) is 5. The minimum Gasteiger partial charge on any atom is -0.375 e. The Hall–Kier alpha value is -1.96. The van der Waals surface area contributed by atoms with E-state index in [9.17, 15) is 19.2 Å². The first-order valence-electron chi connectivity index (χ1n) is 5.74. The molecule has 0 aromatic carbocycles. The molecule has 0 aliphatic carbocycles. The molecule has 0 radical (unpaired) electrons. The van der Waals surface area contributed by atoms with E-state index in [0.29, 0.717) is 0 Å². The number of nitrogens with one attached hydrogen (secondary N) is 3. The summed E-state index contributed by atoms with van der Waals surface area (Å²) in [4.78, 5) is 44.0. The second kappa shape index (κ2) is 10.0. The highest BCUT2D eigenvalue weighted by atomic mass is 16.5. The van der Waals surface area contributed by atoms with Gasteiger partial charge in [0.2, 0.25) is 17.7 Å². The third kappa shape index (κ3) is 10.9. The third-order valence-electron chi connectivity index (χ3n) is 1.97. The van der Waals surface area contributed by atoms with Crippen LogP contribution >= 0.6 is 0 Å². The van der Waals surface area contributed by atoms with Gasteiger partial charge in [-0.25, -0.2) is 0 Å². The SMILES string of the molecule is COCC(=O)NCC(=O)NCC(=O)NCCC(C)=O. The van der Waals surface area contributed by atoms with Crippen LogP contribution in [0, 0.1) is 0 Å². The molecule has 0 atom stereocenters. The summed E-state index contributed by atoms with van der Waals surface area (Å²) < 4.78 is 4.56. The molecule has 108 valence electrons. The molecule has 0 aliphatic rings. The molecule has 0 spiro atoms. The van der Waals surface area contributed by atoms with Gasteiger partial charge in [-0.3, -0.25) is 19.2 Å². The van der Waals surface area contributed by atoms with E-state index in [1.54, 1.807) is 0 Å². The number of ether oxygens (including phenoxy) is 1. The second-order valence-electron chi connectivity index (χ2n) is 3.79. The fraction of sp³-hybridized carbons (Fsp3) is 0.636. The number of methoxy groups -OCH3 is 1. The van der Waals surface area contributed by atoms with Crippen LogP contribution in [0.4, 0.5) is 0 Å². The van der Waals surface area contributed by atoms with Crippen LogP contribution in [-0.2, 0) is 23.9 Å². The maximum Gasteiger partial charge on any atom is 0.246 e. The van der Waals surface area contributed by atoms with Crippen molar-refractivity contribution in [2.24, 2.45) is 0 Å². The van der Waals surface area contributed by atoms with Gasteiger partial charge in [0.15, 0.2) is 0 Å². The summed E-state index contributed by atoms with van der Waals surface area (Å²) in [5, 5.41) is 7.11. The lowest BCUT2D eigenvalue weighted by molar-refractivity contribution is -0.129. The molecule has 0 aliphatic heterocycles. The lowest BCUT2D eigenvalue weighted by atomic mass is 10.3. The van der Waals surface area contributed by atoms with Crippen LogP contribution in [0.3, 0.4) is 0 Å². The van der Waals surface area contributed by atoms with Gasteiger partial charge in [0.1, 0.15) is 12.4 Å². The molecular weight excluding hydrogens is 254 g/mol. The van der Waals surface area contributed by atoms with E-state index in [1.165, 1.54) is 14.0 Å². The summed E-state index contributed by atoms with van der Waals surface area (Å²) in [7, 11) is 1.37. The molecular formula is C11H19N3O5. The van der Waals surface area contributed by atoms with E-state index in [2.05, 4.69) is 20.7 Å². The number of ketones is 1. The Bertz CT molecular complexity index is 343. The smallest absolute Gasteiger partial charge is 0.246 e. The van der Waals surface area contributed by atoms with Crippen LogP contribution in [0.5, 0.6) is 0 Å². The minimum absolute atomic E-state index is 0.0230. The standard InChI is InChI=1S/C11H19N3O5/c1-8(15)3-4-12-9(16)5-13-10(17)6-14-11(18)7-19-2/h3-7H2,1-2H3,(H,12,16)(H,13,17)(H,14,18). The van der Waals surface area contributed by atoms with Crippen molar-refractivity contribution in [3.8, 4) is 0 Å². The van der Waals surface area contributed by atoms with Crippen molar-refractivity contribution in [3.63, 3.8) is 0 Å². The van der Waals surface area contributed by atoms with E-state index < -0.39 is 17.7 Å². The van der Waals surface area contributed by atoms with Crippen LogP contribution < -0.4 is 16.0 Å². The third-order valence-corrected chi connectivity index (χ3v) is 1.97. The van der Waals surface area contributed by atoms with Crippen molar-refractivity contribution in [2.45, 2.75) is 13.3 Å². The molecule has 0 heterocycles.